The Kier molecular flexibility index (Phi) is 7.04. The van der Waals surface area contributed by atoms with Gasteiger partial charge in [-0.3, -0.25) is 14.9 Å². The SMILES string of the molecule is NC1=C(C(=O)N/N=C/c2ccc(Cl)cc2)C(c2ccc(Cl)cc2)C([N+](=O)[O-])=C2NCCCCN12. The molecule has 176 valence electrons. The standard InChI is InChI=1S/C23H22Cl2N6O3/c24-16-7-3-14(4-8-16)13-28-29-23(32)19-18(15-5-9-17(25)10-6-15)20(31(33)34)22-27-11-1-2-12-30(22)21(19)26/h3-10,13,18,27H,1-2,11-12,26H2,(H,29,32)/b28-13+. The number of nitrogens with one attached hydrogen (secondary N) is 2. The average molecular weight is 501 g/mol. The van der Waals surface area contributed by atoms with Crippen molar-refractivity contribution < 1.29 is 9.72 Å². The van der Waals surface area contributed by atoms with Crippen LogP contribution in [0.5, 0.6) is 0 Å². The molecule has 1 unspecified atom stereocenters. The summed E-state index contributed by atoms with van der Waals surface area (Å²) in [6.07, 6.45) is 3.03. The highest BCUT2D eigenvalue weighted by Crippen LogP contribution is 2.41. The molecule has 0 aromatic heterocycles. The summed E-state index contributed by atoms with van der Waals surface area (Å²) in [4.78, 5) is 26.8. The second-order valence-corrected chi connectivity index (χ2v) is 8.68. The quantitative estimate of drug-likeness (QED) is 0.327. The zero-order valence-electron chi connectivity index (χ0n) is 18.0. The lowest BCUT2D eigenvalue weighted by Crippen LogP contribution is -2.44. The van der Waals surface area contributed by atoms with Gasteiger partial charge in [-0.05, 0) is 48.2 Å². The molecule has 2 heterocycles. The number of carbonyl (C=O) groups excluding carboxylic acids is 1. The average Bonchev–Trinajstić information content (AvgIpc) is 3.07. The van der Waals surface area contributed by atoms with Gasteiger partial charge in [-0.25, -0.2) is 5.43 Å². The summed E-state index contributed by atoms with van der Waals surface area (Å²) in [5.74, 6) is -1.20. The minimum absolute atomic E-state index is 0.0507. The number of amides is 1. The van der Waals surface area contributed by atoms with Gasteiger partial charge in [-0.1, -0.05) is 47.5 Å². The Morgan fingerprint density at radius 2 is 1.79 bits per heavy atom. The van der Waals surface area contributed by atoms with Gasteiger partial charge in [0.25, 0.3) is 11.6 Å². The van der Waals surface area contributed by atoms with Gasteiger partial charge >= 0.3 is 0 Å². The third-order valence-corrected chi connectivity index (χ3v) is 6.14. The van der Waals surface area contributed by atoms with Crippen LogP contribution in [0.4, 0.5) is 0 Å². The molecule has 2 aliphatic rings. The lowest BCUT2D eigenvalue weighted by atomic mass is 9.85. The maximum absolute atomic E-state index is 13.3. The van der Waals surface area contributed by atoms with Crippen LogP contribution in [0, 0.1) is 10.1 Å². The van der Waals surface area contributed by atoms with E-state index in [9.17, 15) is 14.9 Å². The predicted octanol–water partition coefficient (Wildman–Crippen LogP) is 3.54. The molecule has 1 fully saturated rings. The second-order valence-electron chi connectivity index (χ2n) is 7.81. The Hall–Kier alpha value is -3.56. The molecular weight excluding hydrogens is 479 g/mol. The molecule has 1 amide bonds. The molecule has 1 saturated heterocycles. The number of hydrazone groups is 1. The number of hydrogen-bond donors (Lipinski definition) is 3. The van der Waals surface area contributed by atoms with Gasteiger partial charge in [0.05, 0.1) is 16.7 Å². The highest BCUT2D eigenvalue weighted by Gasteiger charge is 2.45. The predicted molar refractivity (Wildman–Crippen MR) is 131 cm³/mol. The zero-order valence-corrected chi connectivity index (χ0v) is 19.5. The van der Waals surface area contributed by atoms with Gasteiger partial charge in [-0.2, -0.15) is 5.10 Å². The van der Waals surface area contributed by atoms with Crippen LogP contribution < -0.4 is 16.5 Å². The number of allylic oxidation sites excluding steroid dienone is 1. The van der Waals surface area contributed by atoms with Crippen LogP contribution in [-0.4, -0.2) is 35.0 Å². The monoisotopic (exact) mass is 500 g/mol. The Morgan fingerprint density at radius 3 is 2.44 bits per heavy atom. The van der Waals surface area contributed by atoms with Gasteiger partial charge < -0.3 is 16.0 Å². The number of rotatable bonds is 5. The summed E-state index contributed by atoms with van der Waals surface area (Å²) in [7, 11) is 0. The van der Waals surface area contributed by atoms with E-state index in [0.29, 0.717) is 34.5 Å². The smallest absolute Gasteiger partial charge is 0.298 e. The molecule has 2 aromatic carbocycles. The van der Waals surface area contributed by atoms with E-state index in [1.807, 2.05) is 0 Å². The molecule has 0 bridgehead atoms. The summed E-state index contributed by atoms with van der Waals surface area (Å²) in [6, 6.07) is 13.4. The normalized spacial score (nSPS) is 18.4. The highest BCUT2D eigenvalue weighted by atomic mass is 35.5. The molecule has 2 aromatic rings. The third-order valence-electron chi connectivity index (χ3n) is 5.64. The maximum atomic E-state index is 13.3. The van der Waals surface area contributed by atoms with Crippen molar-refractivity contribution >= 4 is 35.3 Å². The first kappa shape index (κ1) is 23.6. The minimum Gasteiger partial charge on any atom is -0.385 e. The molecule has 0 radical (unpaired) electrons. The van der Waals surface area contributed by atoms with Gasteiger partial charge in [0.15, 0.2) is 5.82 Å². The van der Waals surface area contributed by atoms with Gasteiger partial charge in [0, 0.05) is 23.1 Å². The van der Waals surface area contributed by atoms with Gasteiger partial charge in [-0.15, -0.1) is 0 Å². The summed E-state index contributed by atoms with van der Waals surface area (Å²) in [6.45, 7) is 1.01. The van der Waals surface area contributed by atoms with Crippen LogP contribution in [0.1, 0.15) is 29.9 Å². The summed E-state index contributed by atoms with van der Waals surface area (Å²) in [5.41, 5.74) is 10.1. The molecule has 11 heteroatoms. The Morgan fingerprint density at radius 1 is 1.15 bits per heavy atom. The van der Waals surface area contributed by atoms with E-state index in [2.05, 4.69) is 15.8 Å². The maximum Gasteiger partial charge on any atom is 0.298 e. The number of fused-ring (bicyclic) bond motifs is 1. The van der Waals surface area contributed by atoms with Crippen molar-refractivity contribution in [3.8, 4) is 0 Å². The lowest BCUT2D eigenvalue weighted by molar-refractivity contribution is -0.432. The van der Waals surface area contributed by atoms with Crippen LogP contribution in [0.15, 0.2) is 76.5 Å². The molecule has 4 N–H and O–H groups in total. The van der Waals surface area contributed by atoms with Crippen LogP contribution in [-0.2, 0) is 4.79 Å². The number of nitrogens with two attached hydrogens (primary N) is 1. The third kappa shape index (κ3) is 4.85. The Balaban J connectivity index is 1.75. The first-order valence-electron chi connectivity index (χ1n) is 10.6. The second kappa shape index (κ2) is 10.1. The molecular formula is C23H22Cl2N6O3. The minimum atomic E-state index is -1.02. The topological polar surface area (TPSA) is 126 Å². The van der Waals surface area contributed by atoms with E-state index in [1.54, 1.807) is 53.4 Å². The van der Waals surface area contributed by atoms with E-state index in [4.69, 9.17) is 28.9 Å². The summed E-state index contributed by atoms with van der Waals surface area (Å²) >= 11 is 11.9. The van der Waals surface area contributed by atoms with Crippen LogP contribution in [0.2, 0.25) is 10.0 Å². The summed E-state index contributed by atoms with van der Waals surface area (Å²) < 4.78 is 0. The van der Waals surface area contributed by atoms with Crippen molar-refractivity contribution in [1.29, 1.82) is 0 Å². The van der Waals surface area contributed by atoms with Crippen molar-refractivity contribution in [2.75, 3.05) is 13.1 Å². The Bertz CT molecular complexity index is 1190. The molecule has 4 rings (SSSR count). The number of nitrogens with zero attached hydrogens (tertiary/aromatic N) is 3. The van der Waals surface area contributed by atoms with E-state index in [1.165, 1.54) is 6.21 Å². The van der Waals surface area contributed by atoms with Gasteiger partial charge in [0.2, 0.25) is 0 Å². The number of hydrogen-bond acceptors (Lipinski definition) is 7. The highest BCUT2D eigenvalue weighted by molar-refractivity contribution is 6.30. The van der Waals surface area contributed by atoms with Crippen LogP contribution in [0.25, 0.3) is 0 Å². The van der Waals surface area contributed by atoms with Crippen LogP contribution >= 0.6 is 23.2 Å². The van der Waals surface area contributed by atoms with E-state index in [0.717, 1.165) is 18.4 Å². The Labute approximate surface area is 206 Å². The van der Waals surface area contributed by atoms with Gasteiger partial charge in [0.1, 0.15) is 11.7 Å². The first-order valence-corrected chi connectivity index (χ1v) is 11.4. The first-order chi connectivity index (χ1) is 16.4. The molecule has 0 spiro atoms. The zero-order chi connectivity index (χ0) is 24.2. The van der Waals surface area contributed by atoms with Crippen molar-refractivity contribution in [2.24, 2.45) is 10.8 Å². The fourth-order valence-corrected chi connectivity index (χ4v) is 4.29. The van der Waals surface area contributed by atoms with E-state index < -0.39 is 16.7 Å². The fourth-order valence-electron chi connectivity index (χ4n) is 4.04. The number of halogens is 2. The molecule has 0 saturated carbocycles. The van der Waals surface area contributed by atoms with Crippen molar-refractivity contribution in [3.63, 3.8) is 0 Å². The summed E-state index contributed by atoms with van der Waals surface area (Å²) in [5, 5.41) is 20.5. The molecule has 0 aliphatic carbocycles. The van der Waals surface area contributed by atoms with E-state index in [-0.39, 0.29) is 17.1 Å². The molecule has 34 heavy (non-hydrogen) atoms. The van der Waals surface area contributed by atoms with E-state index >= 15 is 0 Å². The fraction of sp³-hybridized carbons (Fsp3) is 0.217. The number of nitro groups is 1. The van der Waals surface area contributed by atoms with Crippen molar-refractivity contribution in [1.82, 2.24) is 15.6 Å². The largest absolute Gasteiger partial charge is 0.385 e. The number of carbonyl (C=O) groups is 1. The molecule has 9 nitrogen and oxygen atoms in total. The number of benzene rings is 2. The lowest BCUT2D eigenvalue weighted by Gasteiger charge is -2.34. The molecule has 1 atom stereocenters. The molecule has 2 aliphatic heterocycles. The van der Waals surface area contributed by atoms with Crippen molar-refractivity contribution in [3.05, 3.63) is 103 Å². The van der Waals surface area contributed by atoms with Crippen LogP contribution in [0.3, 0.4) is 0 Å². The van der Waals surface area contributed by atoms with Crippen molar-refractivity contribution in [2.45, 2.75) is 18.8 Å².